The van der Waals surface area contributed by atoms with Crippen LogP contribution < -0.4 is 4.74 Å². The fraction of sp³-hybridized carbons (Fsp3) is 0.235. The molecule has 3 rings (SSSR count). The minimum absolute atomic E-state index is 0.147. The summed E-state index contributed by atoms with van der Waals surface area (Å²) in [6.07, 6.45) is 2.95. The van der Waals surface area contributed by atoms with Gasteiger partial charge in [0.05, 0.1) is 18.0 Å². The summed E-state index contributed by atoms with van der Waals surface area (Å²) in [7, 11) is 0. The number of Topliss-reactive ketones (excluding diaryl/α,β-unsaturated/α-hetero) is 1. The maximum atomic E-state index is 12.2. The Balaban J connectivity index is 1.82. The van der Waals surface area contributed by atoms with Crippen LogP contribution >= 0.6 is 11.3 Å². The lowest BCUT2D eigenvalue weighted by Gasteiger charge is -2.06. The molecule has 21 heavy (non-hydrogen) atoms. The molecule has 4 heteroatoms. The van der Waals surface area contributed by atoms with E-state index in [1.807, 2.05) is 52.5 Å². The summed E-state index contributed by atoms with van der Waals surface area (Å²) in [5.41, 5.74) is 1.06. The minimum Gasteiger partial charge on any atom is -0.494 e. The number of aromatic nitrogens is 1. The summed E-state index contributed by atoms with van der Waals surface area (Å²) in [5.74, 6) is 1.03. The molecule has 0 aliphatic rings. The predicted molar refractivity (Wildman–Crippen MR) is 86.4 cm³/mol. The Labute approximate surface area is 127 Å². The van der Waals surface area contributed by atoms with E-state index in [1.54, 1.807) is 0 Å². The van der Waals surface area contributed by atoms with Crippen molar-refractivity contribution >= 4 is 28.0 Å². The predicted octanol–water partition coefficient (Wildman–Crippen LogP) is 4.37. The number of hydrogen-bond acceptors (Lipinski definition) is 3. The van der Waals surface area contributed by atoms with Gasteiger partial charge in [0.25, 0.3) is 0 Å². The molecule has 0 unspecified atom stereocenters. The summed E-state index contributed by atoms with van der Waals surface area (Å²) in [4.78, 5) is 13.0. The maximum Gasteiger partial charge on any atom is 0.192 e. The normalized spacial score (nSPS) is 10.9. The molecule has 2 aromatic heterocycles. The van der Waals surface area contributed by atoms with Crippen molar-refractivity contribution in [1.82, 2.24) is 4.57 Å². The van der Waals surface area contributed by atoms with E-state index in [0.29, 0.717) is 6.54 Å². The number of fused-ring (bicyclic) bond motifs is 1. The molecule has 3 nitrogen and oxygen atoms in total. The second kappa shape index (κ2) is 6.14. The highest BCUT2D eigenvalue weighted by molar-refractivity contribution is 7.12. The number of thiophene rings is 1. The first-order valence-corrected chi connectivity index (χ1v) is 7.94. The van der Waals surface area contributed by atoms with Gasteiger partial charge in [-0.05, 0) is 42.1 Å². The number of ketones is 1. The van der Waals surface area contributed by atoms with Crippen LogP contribution in [0.4, 0.5) is 0 Å². The fourth-order valence-corrected chi connectivity index (χ4v) is 2.95. The van der Waals surface area contributed by atoms with Crippen LogP contribution in [0.15, 0.2) is 48.0 Å². The first-order valence-electron chi connectivity index (χ1n) is 7.06. The molecule has 0 spiro atoms. The molecule has 0 atom stereocenters. The minimum atomic E-state index is 0.147. The van der Waals surface area contributed by atoms with Crippen LogP contribution in [0.1, 0.15) is 23.0 Å². The first-order chi connectivity index (χ1) is 10.3. The van der Waals surface area contributed by atoms with Crippen LogP contribution in [0.5, 0.6) is 5.75 Å². The summed E-state index contributed by atoms with van der Waals surface area (Å²) < 4.78 is 7.63. The highest BCUT2D eigenvalue weighted by Gasteiger charge is 2.10. The third-order valence-electron chi connectivity index (χ3n) is 3.33. The third kappa shape index (κ3) is 3.00. The quantitative estimate of drug-likeness (QED) is 0.633. The molecule has 0 radical (unpaired) electrons. The van der Waals surface area contributed by atoms with Crippen LogP contribution in [0.3, 0.4) is 0 Å². The number of nitrogens with zero attached hydrogens (tertiary/aromatic N) is 1. The van der Waals surface area contributed by atoms with Gasteiger partial charge in [0.1, 0.15) is 5.75 Å². The fourth-order valence-electron chi connectivity index (χ4n) is 2.30. The Morgan fingerprint density at radius 1 is 1.29 bits per heavy atom. The molecule has 0 fully saturated rings. The van der Waals surface area contributed by atoms with E-state index >= 15 is 0 Å². The monoisotopic (exact) mass is 299 g/mol. The molecule has 1 aromatic carbocycles. The molecular formula is C17H17NO2S. The number of benzene rings is 1. The van der Waals surface area contributed by atoms with Gasteiger partial charge < -0.3 is 9.30 Å². The van der Waals surface area contributed by atoms with Crippen molar-refractivity contribution in [2.24, 2.45) is 0 Å². The van der Waals surface area contributed by atoms with Gasteiger partial charge in [0.15, 0.2) is 5.78 Å². The number of carbonyl (C=O) groups is 1. The lowest BCUT2D eigenvalue weighted by Crippen LogP contribution is -2.07. The lowest BCUT2D eigenvalue weighted by molar-refractivity contribution is 0.0977. The second-order valence-electron chi connectivity index (χ2n) is 4.91. The van der Waals surface area contributed by atoms with Crippen molar-refractivity contribution in [2.45, 2.75) is 19.9 Å². The number of rotatable bonds is 6. The molecule has 0 aliphatic heterocycles. The van der Waals surface area contributed by atoms with E-state index in [0.717, 1.165) is 34.6 Å². The van der Waals surface area contributed by atoms with Gasteiger partial charge in [-0.3, -0.25) is 4.79 Å². The van der Waals surface area contributed by atoms with Gasteiger partial charge in [-0.1, -0.05) is 13.0 Å². The molecule has 3 aromatic rings. The zero-order valence-electron chi connectivity index (χ0n) is 11.9. The Kier molecular flexibility index (Phi) is 4.06. The molecule has 0 aliphatic carbocycles. The average Bonchev–Trinajstić information content (AvgIpc) is 3.15. The molecule has 2 heterocycles. The summed E-state index contributed by atoms with van der Waals surface area (Å²) in [5, 5.41) is 3.03. The van der Waals surface area contributed by atoms with Gasteiger partial charge >= 0.3 is 0 Å². The zero-order valence-corrected chi connectivity index (χ0v) is 12.7. The Hall–Kier alpha value is -2.07. The van der Waals surface area contributed by atoms with Gasteiger partial charge in [-0.2, -0.15) is 0 Å². The molecule has 0 saturated carbocycles. The second-order valence-corrected chi connectivity index (χ2v) is 5.86. The van der Waals surface area contributed by atoms with Crippen molar-refractivity contribution in [3.8, 4) is 5.75 Å². The van der Waals surface area contributed by atoms with E-state index in [1.165, 1.54) is 11.3 Å². The number of ether oxygens (including phenoxy) is 1. The average molecular weight is 299 g/mol. The standard InChI is InChI=1S/C17H17NO2S/c1-2-9-20-14-5-6-15-13(11-14)7-8-18(15)12-16(19)17-4-3-10-21-17/h3-8,10-11H,2,9,12H2,1H3. The molecule has 0 N–H and O–H groups in total. The largest absolute Gasteiger partial charge is 0.494 e. The van der Waals surface area contributed by atoms with E-state index in [9.17, 15) is 4.79 Å². The maximum absolute atomic E-state index is 12.2. The molecule has 0 saturated heterocycles. The highest BCUT2D eigenvalue weighted by Crippen LogP contribution is 2.23. The van der Waals surface area contributed by atoms with Crippen molar-refractivity contribution < 1.29 is 9.53 Å². The van der Waals surface area contributed by atoms with Gasteiger partial charge in [-0.25, -0.2) is 0 Å². The Bertz CT molecular complexity index is 743. The summed E-state index contributed by atoms with van der Waals surface area (Å²) >= 11 is 1.49. The van der Waals surface area contributed by atoms with E-state index < -0.39 is 0 Å². The van der Waals surface area contributed by atoms with Crippen LogP contribution in [0.2, 0.25) is 0 Å². The Morgan fingerprint density at radius 3 is 2.95 bits per heavy atom. The number of carbonyl (C=O) groups excluding carboxylic acids is 1. The van der Waals surface area contributed by atoms with Gasteiger partial charge in [0.2, 0.25) is 0 Å². The SMILES string of the molecule is CCCOc1ccc2c(ccn2CC(=O)c2cccs2)c1. The van der Waals surface area contributed by atoms with Gasteiger partial charge in [-0.15, -0.1) is 11.3 Å². The first kappa shape index (κ1) is 13.9. The smallest absolute Gasteiger partial charge is 0.192 e. The van der Waals surface area contributed by atoms with Crippen molar-refractivity contribution in [3.05, 3.63) is 52.9 Å². The van der Waals surface area contributed by atoms with E-state index in [2.05, 4.69) is 6.92 Å². The molecule has 108 valence electrons. The summed E-state index contributed by atoms with van der Waals surface area (Å²) in [6.45, 7) is 3.19. The van der Waals surface area contributed by atoms with Crippen molar-refractivity contribution in [2.75, 3.05) is 6.61 Å². The molecule has 0 bridgehead atoms. The summed E-state index contributed by atoms with van der Waals surface area (Å²) in [6, 6.07) is 11.8. The van der Waals surface area contributed by atoms with Crippen LogP contribution in [0.25, 0.3) is 10.9 Å². The van der Waals surface area contributed by atoms with E-state index in [-0.39, 0.29) is 5.78 Å². The van der Waals surface area contributed by atoms with Crippen molar-refractivity contribution in [3.63, 3.8) is 0 Å². The Morgan fingerprint density at radius 2 is 2.19 bits per heavy atom. The molecule has 0 amide bonds. The third-order valence-corrected chi connectivity index (χ3v) is 4.24. The highest BCUT2D eigenvalue weighted by atomic mass is 32.1. The number of hydrogen-bond donors (Lipinski definition) is 0. The van der Waals surface area contributed by atoms with Crippen LogP contribution in [-0.4, -0.2) is 17.0 Å². The lowest BCUT2D eigenvalue weighted by atomic mass is 10.2. The van der Waals surface area contributed by atoms with Crippen LogP contribution in [-0.2, 0) is 6.54 Å². The van der Waals surface area contributed by atoms with Crippen LogP contribution in [0, 0.1) is 0 Å². The van der Waals surface area contributed by atoms with Crippen molar-refractivity contribution in [1.29, 1.82) is 0 Å². The topological polar surface area (TPSA) is 31.2 Å². The van der Waals surface area contributed by atoms with E-state index in [4.69, 9.17) is 4.74 Å². The zero-order chi connectivity index (χ0) is 14.7. The molecular weight excluding hydrogens is 282 g/mol. The van der Waals surface area contributed by atoms with Gasteiger partial charge in [0, 0.05) is 17.1 Å².